The van der Waals surface area contributed by atoms with Crippen molar-refractivity contribution in [2.75, 3.05) is 0 Å². The van der Waals surface area contributed by atoms with E-state index in [4.69, 9.17) is 0 Å². The van der Waals surface area contributed by atoms with Crippen molar-refractivity contribution in [2.45, 2.75) is 93.4 Å². The summed E-state index contributed by atoms with van der Waals surface area (Å²) < 4.78 is 0. The van der Waals surface area contributed by atoms with Crippen LogP contribution < -0.4 is 0 Å². The highest BCUT2D eigenvalue weighted by Crippen LogP contribution is 2.52. The molecule has 0 amide bonds. The minimum absolute atomic E-state index is 0. The van der Waals surface area contributed by atoms with E-state index in [0.717, 1.165) is 5.92 Å². The van der Waals surface area contributed by atoms with Gasteiger partial charge in [-0.05, 0) is 38.2 Å². The molecule has 23 heavy (non-hydrogen) atoms. The second-order valence-corrected chi connectivity index (χ2v) is 6.91. The van der Waals surface area contributed by atoms with E-state index in [1.54, 1.807) is 0 Å². The van der Waals surface area contributed by atoms with E-state index in [0.29, 0.717) is 5.41 Å². The van der Waals surface area contributed by atoms with Crippen LogP contribution in [-0.4, -0.2) is 0 Å². The van der Waals surface area contributed by atoms with Gasteiger partial charge in [0.25, 0.3) is 0 Å². The van der Waals surface area contributed by atoms with E-state index >= 15 is 0 Å². The molecule has 0 saturated heterocycles. The fourth-order valence-corrected chi connectivity index (χ4v) is 3.09. The van der Waals surface area contributed by atoms with Gasteiger partial charge in [-0.3, -0.25) is 0 Å². The number of hydrogen-bond acceptors (Lipinski definition) is 0. The molecule has 134 valence electrons. The second-order valence-electron chi connectivity index (χ2n) is 6.91. The first kappa shape index (κ1) is 24.2. The van der Waals surface area contributed by atoms with Crippen LogP contribution in [0, 0.1) is 12.8 Å². The van der Waals surface area contributed by atoms with Crippen LogP contribution in [-0.2, 0) is 5.41 Å². The molecule has 0 unspecified atom stereocenters. The topological polar surface area (TPSA) is 0 Å². The molecule has 1 aromatic rings. The van der Waals surface area contributed by atoms with Crippen molar-refractivity contribution in [2.24, 2.45) is 5.92 Å². The third kappa shape index (κ3) is 7.38. The maximum absolute atomic E-state index is 4.09. The molecule has 0 aliphatic heterocycles. The first-order valence-electron chi connectivity index (χ1n) is 8.69. The molecule has 0 spiro atoms. The van der Waals surface area contributed by atoms with E-state index in [-0.39, 0.29) is 14.9 Å². The number of hydrogen-bond donors (Lipinski definition) is 0. The van der Waals surface area contributed by atoms with Gasteiger partial charge in [0.1, 0.15) is 0 Å². The molecular formula is C23H42. The Hall–Kier alpha value is -1.04. The monoisotopic (exact) mass is 318 g/mol. The number of allylic oxidation sites excluding steroid dienone is 1. The zero-order valence-corrected chi connectivity index (χ0v) is 14.8. The smallest absolute Gasteiger partial charge is 0.0157 e. The highest BCUT2D eigenvalue weighted by atomic mass is 14.5. The van der Waals surface area contributed by atoms with Crippen molar-refractivity contribution in [1.29, 1.82) is 0 Å². The molecule has 0 atom stereocenters. The summed E-state index contributed by atoms with van der Waals surface area (Å²) in [5.41, 5.74) is 4.44. The Morgan fingerprint density at radius 3 is 1.78 bits per heavy atom. The Labute approximate surface area is 147 Å². The predicted molar refractivity (Wildman–Crippen MR) is 109 cm³/mol. The van der Waals surface area contributed by atoms with E-state index in [2.05, 4.69) is 65.5 Å². The lowest BCUT2D eigenvalue weighted by atomic mass is 9.89. The molecule has 2 rings (SSSR count). The fraction of sp³-hybridized carbons (Fsp3) is 0.652. The summed E-state index contributed by atoms with van der Waals surface area (Å²) in [5, 5.41) is 0. The van der Waals surface area contributed by atoms with Gasteiger partial charge in [-0.15, -0.1) is 0 Å². The maximum atomic E-state index is 4.09. The van der Waals surface area contributed by atoms with Crippen LogP contribution in [0.5, 0.6) is 0 Å². The molecular weight excluding hydrogens is 276 g/mol. The molecule has 0 bridgehead atoms. The second kappa shape index (κ2) is 11.5. The van der Waals surface area contributed by atoms with Crippen molar-refractivity contribution < 1.29 is 0 Å². The fourth-order valence-electron chi connectivity index (χ4n) is 3.09. The highest BCUT2D eigenvalue weighted by molar-refractivity contribution is 5.41. The number of aryl methyl sites for hydroxylation is 1. The Morgan fingerprint density at radius 2 is 1.48 bits per heavy atom. The lowest BCUT2D eigenvalue weighted by Crippen LogP contribution is -2.06. The van der Waals surface area contributed by atoms with E-state index in [9.17, 15) is 0 Å². The van der Waals surface area contributed by atoms with Gasteiger partial charge in [-0.2, -0.15) is 0 Å². The van der Waals surface area contributed by atoms with Crippen LogP contribution in [0.1, 0.15) is 92.2 Å². The van der Waals surface area contributed by atoms with Gasteiger partial charge < -0.3 is 0 Å². The third-order valence-electron chi connectivity index (χ3n) is 4.73. The van der Waals surface area contributed by atoms with Gasteiger partial charge in [-0.25, -0.2) is 0 Å². The Bertz CT molecular complexity index is 414. The van der Waals surface area contributed by atoms with E-state index in [1.807, 2.05) is 0 Å². The molecule has 0 radical (unpaired) electrons. The molecule has 0 N–H and O–H groups in total. The molecule has 1 aliphatic rings. The van der Waals surface area contributed by atoms with Crippen molar-refractivity contribution in [3.8, 4) is 0 Å². The molecule has 1 aromatic carbocycles. The van der Waals surface area contributed by atoms with E-state index in [1.165, 1.54) is 55.2 Å². The molecule has 0 aromatic heterocycles. The Kier molecular flexibility index (Phi) is 12.1. The van der Waals surface area contributed by atoms with Gasteiger partial charge in [0.2, 0.25) is 0 Å². The standard InChI is InChI=1S/C13H16.C8H18.2CH4/c1-10(2)13(8-9-13)12-6-4-11(3)5-7-12;1-4-6-8(3)7-5-2;;/h4-7H,1,8-9H2,2-3H3;8H,4-7H2,1-3H3;2*1H4. The molecule has 1 aliphatic carbocycles. The van der Waals surface area contributed by atoms with Crippen LogP contribution in [0.4, 0.5) is 0 Å². The van der Waals surface area contributed by atoms with Crippen molar-refractivity contribution in [3.63, 3.8) is 0 Å². The lowest BCUT2D eigenvalue weighted by Gasteiger charge is -2.15. The summed E-state index contributed by atoms with van der Waals surface area (Å²) in [6, 6.07) is 8.88. The minimum atomic E-state index is 0. The summed E-state index contributed by atoms with van der Waals surface area (Å²) in [6.07, 6.45) is 8.08. The summed E-state index contributed by atoms with van der Waals surface area (Å²) in [7, 11) is 0. The molecule has 0 heterocycles. The Morgan fingerprint density at radius 1 is 1.04 bits per heavy atom. The Balaban J connectivity index is 0. The van der Waals surface area contributed by atoms with Crippen LogP contribution in [0.25, 0.3) is 0 Å². The van der Waals surface area contributed by atoms with Crippen LogP contribution in [0.3, 0.4) is 0 Å². The highest BCUT2D eigenvalue weighted by Gasteiger charge is 2.44. The maximum Gasteiger partial charge on any atom is 0.0157 e. The summed E-state index contributed by atoms with van der Waals surface area (Å²) in [5.74, 6) is 0.963. The van der Waals surface area contributed by atoms with Gasteiger partial charge >= 0.3 is 0 Å². The van der Waals surface area contributed by atoms with Crippen molar-refractivity contribution in [3.05, 3.63) is 47.5 Å². The SMILES string of the molecule is C.C.C=C(C)C1(c2ccc(C)cc2)CC1.CCCC(C)CCC. The predicted octanol–water partition coefficient (Wildman–Crippen LogP) is 8.10. The first-order chi connectivity index (χ1) is 9.96. The lowest BCUT2D eigenvalue weighted by molar-refractivity contribution is 0.480. The average Bonchev–Trinajstić information content (AvgIpc) is 3.22. The third-order valence-corrected chi connectivity index (χ3v) is 4.73. The molecule has 0 heteroatoms. The van der Waals surface area contributed by atoms with Gasteiger partial charge in [0, 0.05) is 5.41 Å². The van der Waals surface area contributed by atoms with E-state index < -0.39 is 0 Å². The molecule has 1 saturated carbocycles. The summed E-state index contributed by atoms with van der Waals surface area (Å²) in [4.78, 5) is 0. The van der Waals surface area contributed by atoms with Gasteiger partial charge in [0.05, 0.1) is 0 Å². The van der Waals surface area contributed by atoms with Crippen LogP contribution in [0.15, 0.2) is 36.4 Å². The largest absolute Gasteiger partial charge is 0.0992 e. The molecule has 0 nitrogen and oxygen atoms in total. The summed E-state index contributed by atoms with van der Waals surface area (Å²) in [6.45, 7) is 15.2. The van der Waals surface area contributed by atoms with Crippen molar-refractivity contribution >= 4 is 0 Å². The molecule has 1 fully saturated rings. The number of rotatable bonds is 6. The quantitative estimate of drug-likeness (QED) is 0.465. The number of benzene rings is 1. The zero-order chi connectivity index (χ0) is 15.9. The summed E-state index contributed by atoms with van der Waals surface area (Å²) >= 11 is 0. The van der Waals surface area contributed by atoms with Gasteiger partial charge in [-0.1, -0.05) is 103 Å². The normalized spacial score (nSPS) is 14.0. The van der Waals surface area contributed by atoms with Gasteiger partial charge in [0.15, 0.2) is 0 Å². The minimum Gasteiger partial charge on any atom is -0.0992 e. The van der Waals surface area contributed by atoms with Crippen LogP contribution >= 0.6 is 0 Å². The van der Waals surface area contributed by atoms with Crippen LogP contribution in [0.2, 0.25) is 0 Å². The first-order valence-corrected chi connectivity index (χ1v) is 8.69. The van der Waals surface area contributed by atoms with Crippen molar-refractivity contribution in [1.82, 2.24) is 0 Å². The average molecular weight is 319 g/mol. The zero-order valence-electron chi connectivity index (χ0n) is 14.8.